The molecule has 1 heterocycles. The smallest absolute Gasteiger partial charge is 0.248 e. The van der Waals surface area contributed by atoms with Gasteiger partial charge >= 0.3 is 0 Å². The molecule has 0 unspecified atom stereocenters. The van der Waals surface area contributed by atoms with Crippen LogP contribution in [0.2, 0.25) is 0 Å². The number of phenols is 1. The zero-order chi connectivity index (χ0) is 24.5. The molecule has 34 heavy (non-hydrogen) atoms. The molecule has 0 bridgehead atoms. The van der Waals surface area contributed by atoms with E-state index in [0.29, 0.717) is 39.3 Å². The third-order valence-electron chi connectivity index (χ3n) is 6.03. The van der Waals surface area contributed by atoms with Crippen LogP contribution in [0.1, 0.15) is 25.0 Å². The van der Waals surface area contributed by atoms with Crippen LogP contribution in [0.25, 0.3) is 0 Å². The number of methoxy groups -OCH3 is 1. The average Bonchev–Trinajstić information content (AvgIpc) is 2.98. The Balaban J connectivity index is 1.73. The number of nitrogens with zero attached hydrogens (tertiary/aromatic N) is 3. The molecule has 0 aliphatic carbocycles. The first-order valence-corrected chi connectivity index (χ1v) is 11.7. The summed E-state index contributed by atoms with van der Waals surface area (Å²) in [5, 5.41) is 9.57. The maximum absolute atomic E-state index is 13.2. The van der Waals surface area contributed by atoms with Crippen LogP contribution in [-0.4, -0.2) is 84.2 Å². The van der Waals surface area contributed by atoms with Crippen molar-refractivity contribution in [1.82, 2.24) is 14.7 Å². The van der Waals surface area contributed by atoms with Gasteiger partial charge in [-0.2, -0.15) is 0 Å². The molecular weight excluding hydrogens is 434 g/mol. The number of rotatable bonds is 10. The molecule has 8 nitrogen and oxygen atoms in total. The van der Waals surface area contributed by atoms with Crippen molar-refractivity contribution in [2.75, 3.05) is 46.4 Å². The summed E-state index contributed by atoms with van der Waals surface area (Å²) >= 11 is 0. The largest absolute Gasteiger partial charge is 0.508 e. The quantitative estimate of drug-likeness (QED) is 0.576. The SMILES string of the molecule is CCN(CC)C(=O)CO[C@H]1CN(Cc2ccc(O)cc2)CC(=O)N(Cc2ccc(OC)cc2)C1. The minimum absolute atomic E-state index is 0.00996. The molecule has 2 aromatic rings. The van der Waals surface area contributed by atoms with Gasteiger partial charge in [0.25, 0.3) is 0 Å². The van der Waals surface area contributed by atoms with E-state index < -0.39 is 0 Å². The van der Waals surface area contributed by atoms with Crippen molar-refractivity contribution in [2.45, 2.75) is 33.0 Å². The van der Waals surface area contributed by atoms with E-state index in [4.69, 9.17) is 9.47 Å². The number of benzene rings is 2. The van der Waals surface area contributed by atoms with Crippen molar-refractivity contribution >= 4 is 11.8 Å². The molecule has 8 heteroatoms. The van der Waals surface area contributed by atoms with Crippen LogP contribution in [0, 0.1) is 0 Å². The van der Waals surface area contributed by atoms with E-state index in [9.17, 15) is 14.7 Å². The molecule has 2 amide bonds. The number of carbonyl (C=O) groups excluding carboxylic acids is 2. The van der Waals surface area contributed by atoms with E-state index in [1.54, 1.807) is 29.0 Å². The Kier molecular flexibility index (Phi) is 9.30. The first-order chi connectivity index (χ1) is 16.4. The van der Waals surface area contributed by atoms with Crippen LogP contribution < -0.4 is 4.74 Å². The molecule has 3 rings (SSSR count). The zero-order valence-corrected chi connectivity index (χ0v) is 20.3. The number of hydrogen-bond acceptors (Lipinski definition) is 6. The van der Waals surface area contributed by atoms with Gasteiger partial charge in [-0.15, -0.1) is 0 Å². The molecule has 0 aromatic heterocycles. The molecule has 0 radical (unpaired) electrons. The fourth-order valence-electron chi connectivity index (χ4n) is 4.10. The number of hydrogen-bond donors (Lipinski definition) is 1. The summed E-state index contributed by atoms with van der Waals surface area (Å²) in [4.78, 5) is 31.3. The Hall–Kier alpha value is -3.10. The van der Waals surface area contributed by atoms with E-state index >= 15 is 0 Å². The maximum atomic E-state index is 13.2. The molecule has 184 valence electrons. The van der Waals surface area contributed by atoms with Crippen molar-refractivity contribution < 1.29 is 24.2 Å². The zero-order valence-electron chi connectivity index (χ0n) is 20.3. The summed E-state index contributed by atoms with van der Waals surface area (Å²) in [5.74, 6) is 0.933. The Labute approximate surface area is 201 Å². The molecule has 1 aliphatic rings. The predicted octanol–water partition coefficient (Wildman–Crippen LogP) is 2.50. The van der Waals surface area contributed by atoms with E-state index in [0.717, 1.165) is 16.9 Å². The van der Waals surface area contributed by atoms with Crippen LogP contribution in [-0.2, 0) is 27.4 Å². The lowest BCUT2D eigenvalue weighted by atomic mass is 10.2. The fourth-order valence-corrected chi connectivity index (χ4v) is 4.10. The molecule has 1 fully saturated rings. The second-order valence-corrected chi connectivity index (χ2v) is 8.46. The number of carbonyl (C=O) groups is 2. The number of amides is 2. The Bertz CT molecular complexity index is 928. The molecule has 0 spiro atoms. The average molecular weight is 470 g/mol. The van der Waals surface area contributed by atoms with Gasteiger partial charge < -0.3 is 24.4 Å². The van der Waals surface area contributed by atoms with Crippen LogP contribution in [0.5, 0.6) is 11.5 Å². The van der Waals surface area contributed by atoms with Gasteiger partial charge in [0, 0.05) is 39.3 Å². The number of phenolic OH excluding ortho intramolecular Hbond substituents is 1. The molecule has 0 saturated carbocycles. The first-order valence-electron chi connectivity index (χ1n) is 11.7. The molecule has 2 aromatic carbocycles. The molecule has 1 atom stereocenters. The Morgan fingerprint density at radius 2 is 1.62 bits per heavy atom. The van der Waals surface area contributed by atoms with Crippen molar-refractivity contribution in [1.29, 1.82) is 0 Å². The van der Waals surface area contributed by atoms with Gasteiger partial charge in [0.1, 0.15) is 18.1 Å². The highest BCUT2D eigenvalue weighted by molar-refractivity contribution is 5.79. The van der Waals surface area contributed by atoms with Crippen LogP contribution >= 0.6 is 0 Å². The third kappa shape index (κ3) is 7.20. The molecule has 1 N–H and O–H groups in total. The maximum Gasteiger partial charge on any atom is 0.248 e. The van der Waals surface area contributed by atoms with Crippen molar-refractivity contribution in [3.05, 3.63) is 59.7 Å². The van der Waals surface area contributed by atoms with Crippen molar-refractivity contribution in [3.8, 4) is 11.5 Å². The van der Waals surface area contributed by atoms with Crippen molar-refractivity contribution in [3.63, 3.8) is 0 Å². The van der Waals surface area contributed by atoms with Crippen LogP contribution in [0.3, 0.4) is 0 Å². The summed E-state index contributed by atoms with van der Waals surface area (Å²) in [5.41, 5.74) is 1.99. The van der Waals surface area contributed by atoms with Gasteiger partial charge in [-0.05, 0) is 49.2 Å². The number of likely N-dealkylation sites (N-methyl/N-ethyl adjacent to an activating group) is 1. The summed E-state index contributed by atoms with van der Waals surface area (Å²) in [7, 11) is 1.62. The minimum Gasteiger partial charge on any atom is -0.508 e. The van der Waals surface area contributed by atoms with Crippen molar-refractivity contribution in [2.24, 2.45) is 0 Å². The lowest BCUT2D eigenvalue weighted by molar-refractivity contribution is -0.138. The normalized spacial score (nSPS) is 16.9. The highest BCUT2D eigenvalue weighted by atomic mass is 16.5. The standard InChI is InChI=1S/C26H35N3O5/c1-4-28(5-2)26(32)19-34-24-16-27(14-20-6-10-22(30)11-7-20)18-25(31)29(17-24)15-21-8-12-23(33-3)13-9-21/h6-13,24,30H,4-5,14-19H2,1-3H3/t24-/m0/s1. The lowest BCUT2D eigenvalue weighted by Gasteiger charge is -2.26. The second-order valence-electron chi connectivity index (χ2n) is 8.46. The molecule has 1 saturated heterocycles. The Morgan fingerprint density at radius 3 is 2.24 bits per heavy atom. The molecular formula is C26H35N3O5. The van der Waals surface area contributed by atoms with Gasteiger partial charge in [0.15, 0.2) is 0 Å². The summed E-state index contributed by atoms with van der Waals surface area (Å²) in [6.45, 7) is 7.34. The summed E-state index contributed by atoms with van der Waals surface area (Å²) in [6.07, 6.45) is -0.304. The van der Waals surface area contributed by atoms with Gasteiger partial charge in [0.05, 0.1) is 19.8 Å². The minimum atomic E-state index is -0.304. The number of aromatic hydroxyl groups is 1. The first kappa shape index (κ1) is 25.5. The van der Waals surface area contributed by atoms with Gasteiger partial charge in [-0.25, -0.2) is 0 Å². The lowest BCUT2D eigenvalue weighted by Crippen LogP contribution is -2.40. The van der Waals surface area contributed by atoms with Gasteiger partial charge in [0.2, 0.25) is 11.8 Å². The van der Waals surface area contributed by atoms with E-state index in [1.807, 2.05) is 55.1 Å². The summed E-state index contributed by atoms with van der Waals surface area (Å²) < 4.78 is 11.3. The van der Waals surface area contributed by atoms with E-state index in [1.165, 1.54) is 0 Å². The molecule has 1 aliphatic heterocycles. The second kappa shape index (κ2) is 12.4. The monoisotopic (exact) mass is 469 g/mol. The highest BCUT2D eigenvalue weighted by Crippen LogP contribution is 2.18. The third-order valence-corrected chi connectivity index (χ3v) is 6.03. The fraction of sp³-hybridized carbons (Fsp3) is 0.462. The highest BCUT2D eigenvalue weighted by Gasteiger charge is 2.29. The predicted molar refractivity (Wildman–Crippen MR) is 129 cm³/mol. The van der Waals surface area contributed by atoms with Gasteiger partial charge in [-0.3, -0.25) is 14.5 Å². The van der Waals surface area contributed by atoms with E-state index in [2.05, 4.69) is 0 Å². The van der Waals surface area contributed by atoms with Crippen LogP contribution in [0.4, 0.5) is 0 Å². The van der Waals surface area contributed by atoms with E-state index in [-0.39, 0.29) is 36.8 Å². The van der Waals surface area contributed by atoms with Crippen LogP contribution in [0.15, 0.2) is 48.5 Å². The summed E-state index contributed by atoms with van der Waals surface area (Å²) in [6, 6.07) is 14.6. The topological polar surface area (TPSA) is 82.6 Å². The van der Waals surface area contributed by atoms with Gasteiger partial charge in [-0.1, -0.05) is 24.3 Å². The Morgan fingerprint density at radius 1 is 1.00 bits per heavy atom. The number of ether oxygens (including phenoxy) is 2.